The summed E-state index contributed by atoms with van der Waals surface area (Å²) in [6.07, 6.45) is 0. The highest BCUT2D eigenvalue weighted by Crippen LogP contribution is 2.42. The van der Waals surface area contributed by atoms with Crippen LogP contribution >= 0.6 is 0 Å². The largest absolute Gasteiger partial charge is 0.456 e. The van der Waals surface area contributed by atoms with Crippen molar-refractivity contribution in [2.75, 3.05) is 0 Å². The molecule has 0 saturated carbocycles. The Morgan fingerprint density at radius 1 is 0.328 bits per heavy atom. The van der Waals surface area contributed by atoms with E-state index in [9.17, 15) is 0 Å². The molecule has 5 nitrogen and oxygen atoms in total. The Bertz CT molecular complexity index is 3560. The molecule has 3 aromatic heterocycles. The number of aromatic nitrogens is 4. The van der Waals surface area contributed by atoms with Crippen molar-refractivity contribution >= 4 is 65.3 Å². The Balaban J connectivity index is 1.16. The molecule has 5 heteroatoms. The monoisotopic (exact) mass is 740 g/mol. The lowest BCUT2D eigenvalue weighted by molar-refractivity contribution is 0.669. The maximum atomic E-state index is 6.41. The van der Waals surface area contributed by atoms with E-state index in [4.69, 9.17) is 19.4 Å². The van der Waals surface area contributed by atoms with Crippen LogP contribution in [0.15, 0.2) is 199 Å². The zero-order valence-corrected chi connectivity index (χ0v) is 31.2. The van der Waals surface area contributed by atoms with Gasteiger partial charge in [-0.2, -0.15) is 9.97 Å². The Kier molecular flexibility index (Phi) is 7.16. The molecule has 0 aliphatic carbocycles. The molecule has 9 aromatic carbocycles. The number of benzene rings is 9. The first-order valence-corrected chi connectivity index (χ1v) is 19.5. The molecule has 0 amide bonds. The minimum atomic E-state index is 0.550. The van der Waals surface area contributed by atoms with Crippen molar-refractivity contribution in [3.8, 4) is 51.0 Å². The molecule has 0 spiro atoms. The van der Waals surface area contributed by atoms with Crippen LogP contribution in [0.3, 0.4) is 0 Å². The normalized spacial score (nSPS) is 11.8. The van der Waals surface area contributed by atoms with Crippen molar-refractivity contribution in [2.24, 2.45) is 0 Å². The van der Waals surface area contributed by atoms with Crippen LogP contribution in [0, 0.1) is 0 Å². The predicted molar refractivity (Wildman–Crippen MR) is 238 cm³/mol. The second-order valence-electron chi connectivity index (χ2n) is 14.8. The lowest BCUT2D eigenvalue weighted by atomic mass is 10.00. The second kappa shape index (κ2) is 12.8. The summed E-state index contributed by atoms with van der Waals surface area (Å²) in [5.41, 5.74) is 10.0. The summed E-state index contributed by atoms with van der Waals surface area (Å²) in [5, 5.41) is 9.00. The van der Waals surface area contributed by atoms with Crippen LogP contribution in [0.25, 0.3) is 116 Å². The van der Waals surface area contributed by atoms with Gasteiger partial charge in [0.15, 0.2) is 11.6 Å². The van der Waals surface area contributed by atoms with Gasteiger partial charge >= 0.3 is 0 Å². The van der Waals surface area contributed by atoms with E-state index >= 15 is 0 Å². The van der Waals surface area contributed by atoms with E-state index in [1.165, 1.54) is 0 Å². The molecule has 0 fully saturated rings. The minimum absolute atomic E-state index is 0.550. The third kappa shape index (κ3) is 5.14. The van der Waals surface area contributed by atoms with E-state index in [1.807, 2.05) is 18.2 Å². The number of para-hydroxylation sites is 2. The lowest BCUT2D eigenvalue weighted by Gasteiger charge is -2.14. The molecule has 0 N–H and O–H groups in total. The van der Waals surface area contributed by atoms with Gasteiger partial charge in [-0.1, -0.05) is 170 Å². The fraction of sp³-hybridized carbons (Fsp3) is 0. The third-order valence-electron chi connectivity index (χ3n) is 11.4. The summed E-state index contributed by atoms with van der Waals surface area (Å²) in [5.74, 6) is 1.76. The number of nitrogens with zero attached hydrogens (tertiary/aromatic N) is 4. The van der Waals surface area contributed by atoms with E-state index in [2.05, 4.69) is 180 Å². The average Bonchev–Trinajstić information content (AvgIpc) is 3.85. The van der Waals surface area contributed by atoms with E-state index < -0.39 is 0 Å². The summed E-state index contributed by atoms with van der Waals surface area (Å²) in [7, 11) is 0. The minimum Gasteiger partial charge on any atom is -0.456 e. The summed E-state index contributed by atoms with van der Waals surface area (Å²) in [6.45, 7) is 0. The standard InChI is InChI=1S/C53H32N4O/c1-2-11-33(12-3-1)35-21-24-37(25-22-35)51-54-52(40-26-23-34-13-4-5-15-38(34)31-40)56-53(55-51)57-49-41-16-7-6-14-36(41)27-30-46(49)45-19-10-18-42(50(45)57)39-28-29-44-43-17-8-9-20-47(43)58-48(44)32-39/h1-32H. The molecule has 0 saturated heterocycles. The highest BCUT2D eigenvalue weighted by molar-refractivity contribution is 6.21. The molecule has 270 valence electrons. The first-order valence-electron chi connectivity index (χ1n) is 19.5. The quantitative estimate of drug-likeness (QED) is 0.176. The Morgan fingerprint density at radius 3 is 1.78 bits per heavy atom. The van der Waals surface area contributed by atoms with Crippen LogP contribution in [0.4, 0.5) is 0 Å². The molecule has 0 atom stereocenters. The number of hydrogen-bond donors (Lipinski definition) is 0. The zero-order chi connectivity index (χ0) is 38.2. The maximum absolute atomic E-state index is 6.41. The predicted octanol–water partition coefficient (Wildman–Crippen LogP) is 13.8. The number of fused-ring (bicyclic) bond motifs is 9. The highest BCUT2D eigenvalue weighted by Gasteiger charge is 2.23. The highest BCUT2D eigenvalue weighted by atomic mass is 16.3. The maximum Gasteiger partial charge on any atom is 0.238 e. The van der Waals surface area contributed by atoms with E-state index in [-0.39, 0.29) is 0 Å². The molecular weight excluding hydrogens is 709 g/mol. The summed E-state index contributed by atoms with van der Waals surface area (Å²) < 4.78 is 8.68. The van der Waals surface area contributed by atoms with Crippen LogP contribution in [0.1, 0.15) is 0 Å². The van der Waals surface area contributed by atoms with Gasteiger partial charge in [0.2, 0.25) is 5.95 Å². The third-order valence-corrected chi connectivity index (χ3v) is 11.4. The van der Waals surface area contributed by atoms with Gasteiger partial charge in [0.1, 0.15) is 11.2 Å². The van der Waals surface area contributed by atoms with Gasteiger partial charge < -0.3 is 4.42 Å². The second-order valence-corrected chi connectivity index (χ2v) is 14.8. The Hall–Kier alpha value is -7.89. The molecule has 0 bridgehead atoms. The van der Waals surface area contributed by atoms with Gasteiger partial charge in [-0.3, -0.25) is 4.57 Å². The molecule has 58 heavy (non-hydrogen) atoms. The topological polar surface area (TPSA) is 56.7 Å². The Morgan fingerprint density at radius 2 is 0.914 bits per heavy atom. The number of rotatable bonds is 5. The smallest absolute Gasteiger partial charge is 0.238 e. The molecule has 3 heterocycles. The summed E-state index contributed by atoms with van der Waals surface area (Å²) in [6, 6.07) is 68.1. The molecule has 0 unspecified atom stereocenters. The van der Waals surface area contributed by atoms with Gasteiger partial charge in [-0.15, -0.1) is 0 Å². The molecule has 0 radical (unpaired) electrons. The Labute approximate surface area is 333 Å². The number of hydrogen-bond acceptors (Lipinski definition) is 4. The van der Waals surface area contributed by atoms with Crippen LogP contribution < -0.4 is 0 Å². The van der Waals surface area contributed by atoms with Crippen LogP contribution in [-0.4, -0.2) is 19.5 Å². The first-order chi connectivity index (χ1) is 28.7. The zero-order valence-electron chi connectivity index (χ0n) is 31.2. The van der Waals surface area contributed by atoms with Crippen LogP contribution in [0.5, 0.6) is 0 Å². The summed E-state index contributed by atoms with van der Waals surface area (Å²) >= 11 is 0. The molecule has 12 rings (SSSR count). The van der Waals surface area contributed by atoms with Gasteiger partial charge in [0, 0.05) is 43.6 Å². The molecule has 0 aliphatic rings. The lowest BCUT2D eigenvalue weighted by Crippen LogP contribution is -2.07. The van der Waals surface area contributed by atoms with Gasteiger partial charge in [-0.25, -0.2) is 4.98 Å². The molecule has 12 aromatic rings. The van der Waals surface area contributed by atoms with Gasteiger partial charge in [-0.05, 0) is 57.1 Å². The molecular formula is C53H32N4O. The van der Waals surface area contributed by atoms with Crippen molar-refractivity contribution in [3.05, 3.63) is 194 Å². The van der Waals surface area contributed by atoms with Crippen molar-refractivity contribution in [3.63, 3.8) is 0 Å². The SMILES string of the molecule is c1ccc(-c2ccc(-c3nc(-c4ccc5ccccc5c4)nc(-n4c5c(-c6ccc7c(c6)oc6ccccc67)cccc5c5ccc6ccccc6c54)n3)cc2)cc1. The van der Waals surface area contributed by atoms with E-state index in [1.54, 1.807) is 0 Å². The molecule has 0 aliphatic heterocycles. The van der Waals surface area contributed by atoms with Crippen LogP contribution in [-0.2, 0) is 0 Å². The van der Waals surface area contributed by atoms with Crippen LogP contribution in [0.2, 0.25) is 0 Å². The van der Waals surface area contributed by atoms with Crippen molar-refractivity contribution in [1.82, 2.24) is 19.5 Å². The summed E-state index contributed by atoms with van der Waals surface area (Å²) in [4.78, 5) is 16.0. The van der Waals surface area contributed by atoms with E-state index in [0.717, 1.165) is 98.7 Å². The number of furan rings is 1. The fourth-order valence-electron chi connectivity index (χ4n) is 8.65. The average molecular weight is 741 g/mol. The van der Waals surface area contributed by atoms with Crippen molar-refractivity contribution in [1.29, 1.82) is 0 Å². The van der Waals surface area contributed by atoms with Gasteiger partial charge in [0.05, 0.1) is 11.0 Å². The van der Waals surface area contributed by atoms with Crippen molar-refractivity contribution in [2.45, 2.75) is 0 Å². The van der Waals surface area contributed by atoms with Crippen molar-refractivity contribution < 1.29 is 4.42 Å². The van der Waals surface area contributed by atoms with Gasteiger partial charge in [0.25, 0.3) is 0 Å². The van der Waals surface area contributed by atoms with E-state index in [0.29, 0.717) is 17.6 Å². The first kappa shape index (κ1) is 32.4. The fourth-order valence-corrected chi connectivity index (χ4v) is 8.65.